The minimum absolute atomic E-state index is 0.132. The Labute approximate surface area is 110 Å². The van der Waals surface area contributed by atoms with Crippen molar-refractivity contribution in [1.29, 1.82) is 0 Å². The van der Waals surface area contributed by atoms with Gasteiger partial charge in [-0.15, -0.1) is 0 Å². The quantitative estimate of drug-likeness (QED) is 0.878. The summed E-state index contributed by atoms with van der Waals surface area (Å²) in [6.07, 6.45) is -2.49. The third kappa shape index (κ3) is 2.89. The molecule has 0 radical (unpaired) electrons. The summed E-state index contributed by atoms with van der Waals surface area (Å²) in [5.41, 5.74) is 6.57. The molecule has 0 aliphatic heterocycles. The van der Waals surface area contributed by atoms with Crippen LogP contribution in [0.25, 0.3) is 10.8 Å². The van der Waals surface area contributed by atoms with Gasteiger partial charge in [0.15, 0.2) is 0 Å². The van der Waals surface area contributed by atoms with E-state index in [9.17, 15) is 13.2 Å². The number of nitrogens with two attached hydrogens (primary N) is 1. The minimum Gasteiger partial charge on any atom is -0.316 e. The maximum Gasteiger partial charge on any atom is 0.407 e. The van der Waals surface area contributed by atoms with Crippen LogP contribution in [0.1, 0.15) is 30.5 Å². The molecule has 0 unspecified atom stereocenters. The fraction of sp³-hybridized carbons (Fsp3) is 0.333. The SMILES string of the molecule is CCCc1ccc2c([C@H](N)C(F)(F)F)cccc2c1. The molecule has 2 N–H and O–H groups in total. The third-order valence-corrected chi connectivity index (χ3v) is 3.20. The summed E-state index contributed by atoms with van der Waals surface area (Å²) in [5, 5.41) is 1.38. The molecule has 102 valence electrons. The van der Waals surface area contributed by atoms with Gasteiger partial charge in [0.25, 0.3) is 0 Å². The lowest BCUT2D eigenvalue weighted by Gasteiger charge is -2.18. The average Bonchev–Trinajstić information content (AvgIpc) is 2.36. The number of alkyl halides is 3. The summed E-state index contributed by atoms with van der Waals surface area (Å²) >= 11 is 0. The van der Waals surface area contributed by atoms with Gasteiger partial charge in [-0.2, -0.15) is 13.2 Å². The van der Waals surface area contributed by atoms with Crippen LogP contribution in [0.15, 0.2) is 36.4 Å². The molecule has 2 rings (SSSR count). The first-order chi connectivity index (χ1) is 8.93. The highest BCUT2D eigenvalue weighted by Gasteiger charge is 2.38. The first kappa shape index (κ1) is 13.9. The van der Waals surface area contributed by atoms with E-state index in [2.05, 4.69) is 6.92 Å². The van der Waals surface area contributed by atoms with Crippen LogP contribution in [0.5, 0.6) is 0 Å². The van der Waals surface area contributed by atoms with Crippen molar-refractivity contribution in [3.05, 3.63) is 47.5 Å². The van der Waals surface area contributed by atoms with Crippen LogP contribution < -0.4 is 5.73 Å². The lowest BCUT2D eigenvalue weighted by molar-refractivity contribution is -0.148. The van der Waals surface area contributed by atoms with Crippen LogP contribution in [0.4, 0.5) is 13.2 Å². The number of hydrogen-bond acceptors (Lipinski definition) is 1. The molecule has 19 heavy (non-hydrogen) atoms. The van der Waals surface area contributed by atoms with Gasteiger partial charge in [-0.25, -0.2) is 0 Å². The van der Waals surface area contributed by atoms with E-state index in [1.807, 2.05) is 18.2 Å². The monoisotopic (exact) mass is 267 g/mol. The van der Waals surface area contributed by atoms with E-state index in [0.717, 1.165) is 23.8 Å². The molecular formula is C15H16F3N. The van der Waals surface area contributed by atoms with Crippen LogP contribution in [0, 0.1) is 0 Å². The zero-order valence-electron chi connectivity index (χ0n) is 10.7. The van der Waals surface area contributed by atoms with Gasteiger partial charge >= 0.3 is 6.18 Å². The molecule has 1 atom stereocenters. The van der Waals surface area contributed by atoms with E-state index in [4.69, 9.17) is 5.73 Å². The molecule has 2 aromatic rings. The predicted molar refractivity (Wildman–Crippen MR) is 70.9 cm³/mol. The Morgan fingerprint density at radius 2 is 1.89 bits per heavy atom. The van der Waals surface area contributed by atoms with Gasteiger partial charge in [0.2, 0.25) is 0 Å². The van der Waals surface area contributed by atoms with Crippen LogP contribution in [0.3, 0.4) is 0 Å². The fourth-order valence-corrected chi connectivity index (χ4v) is 2.25. The number of rotatable bonds is 3. The molecule has 0 fully saturated rings. The second kappa shape index (κ2) is 5.21. The van der Waals surface area contributed by atoms with Crippen LogP contribution in [-0.4, -0.2) is 6.18 Å². The van der Waals surface area contributed by atoms with Gasteiger partial charge in [-0.1, -0.05) is 49.7 Å². The molecule has 0 aliphatic rings. The Morgan fingerprint density at radius 3 is 2.53 bits per heavy atom. The van der Waals surface area contributed by atoms with E-state index in [0.29, 0.717) is 5.39 Å². The molecular weight excluding hydrogens is 251 g/mol. The lowest BCUT2D eigenvalue weighted by Crippen LogP contribution is -2.28. The summed E-state index contributed by atoms with van der Waals surface area (Å²) in [7, 11) is 0. The number of benzene rings is 2. The molecule has 0 bridgehead atoms. The van der Waals surface area contributed by atoms with Gasteiger partial charge in [-0.05, 0) is 28.3 Å². The number of hydrogen-bond donors (Lipinski definition) is 1. The van der Waals surface area contributed by atoms with Crippen molar-refractivity contribution in [3.63, 3.8) is 0 Å². The Kier molecular flexibility index (Phi) is 3.80. The van der Waals surface area contributed by atoms with Gasteiger partial charge in [0.05, 0.1) is 0 Å². The van der Waals surface area contributed by atoms with Crippen molar-refractivity contribution in [3.8, 4) is 0 Å². The van der Waals surface area contributed by atoms with E-state index in [-0.39, 0.29) is 5.56 Å². The van der Waals surface area contributed by atoms with Crippen LogP contribution in [-0.2, 0) is 6.42 Å². The van der Waals surface area contributed by atoms with E-state index >= 15 is 0 Å². The van der Waals surface area contributed by atoms with Crippen molar-refractivity contribution in [1.82, 2.24) is 0 Å². The first-order valence-electron chi connectivity index (χ1n) is 6.27. The van der Waals surface area contributed by atoms with Gasteiger partial charge in [0.1, 0.15) is 6.04 Å². The first-order valence-corrected chi connectivity index (χ1v) is 6.27. The van der Waals surface area contributed by atoms with Gasteiger partial charge in [-0.3, -0.25) is 0 Å². The predicted octanol–water partition coefficient (Wildman–Crippen LogP) is 4.35. The summed E-state index contributed by atoms with van der Waals surface area (Å²) < 4.78 is 38.2. The molecule has 0 aliphatic carbocycles. The summed E-state index contributed by atoms with van der Waals surface area (Å²) in [6.45, 7) is 2.07. The zero-order chi connectivity index (χ0) is 14.0. The third-order valence-electron chi connectivity index (χ3n) is 3.20. The molecule has 2 aromatic carbocycles. The normalized spacial score (nSPS) is 13.7. The topological polar surface area (TPSA) is 26.0 Å². The van der Waals surface area contributed by atoms with Crippen molar-refractivity contribution in [2.24, 2.45) is 5.73 Å². The highest BCUT2D eigenvalue weighted by molar-refractivity contribution is 5.86. The molecule has 4 heteroatoms. The molecule has 0 aromatic heterocycles. The van der Waals surface area contributed by atoms with Crippen molar-refractivity contribution >= 4 is 10.8 Å². The Balaban J connectivity index is 2.52. The van der Waals surface area contributed by atoms with Gasteiger partial charge in [0, 0.05) is 0 Å². The Morgan fingerprint density at radius 1 is 1.16 bits per heavy atom. The fourth-order valence-electron chi connectivity index (χ4n) is 2.25. The molecule has 1 nitrogen and oxygen atoms in total. The zero-order valence-corrected chi connectivity index (χ0v) is 10.7. The molecule has 0 amide bonds. The molecule has 0 saturated heterocycles. The van der Waals surface area contributed by atoms with E-state index in [1.54, 1.807) is 12.1 Å². The lowest BCUT2D eigenvalue weighted by atomic mass is 9.96. The summed E-state index contributed by atoms with van der Waals surface area (Å²) in [5.74, 6) is 0. The smallest absolute Gasteiger partial charge is 0.316 e. The van der Waals surface area contributed by atoms with E-state index < -0.39 is 12.2 Å². The Bertz CT molecular complexity index is 575. The molecule has 0 saturated carbocycles. The number of aryl methyl sites for hydroxylation is 1. The van der Waals surface area contributed by atoms with Gasteiger partial charge < -0.3 is 5.73 Å². The van der Waals surface area contributed by atoms with Crippen molar-refractivity contribution in [2.75, 3.05) is 0 Å². The minimum atomic E-state index is -4.42. The molecule has 0 heterocycles. The second-order valence-corrected chi connectivity index (χ2v) is 4.67. The summed E-state index contributed by atoms with van der Waals surface area (Å²) in [4.78, 5) is 0. The maximum atomic E-state index is 12.7. The van der Waals surface area contributed by atoms with Crippen LogP contribution >= 0.6 is 0 Å². The van der Waals surface area contributed by atoms with Crippen molar-refractivity contribution in [2.45, 2.75) is 32.0 Å². The average molecular weight is 267 g/mol. The number of halogens is 3. The van der Waals surface area contributed by atoms with Crippen LogP contribution in [0.2, 0.25) is 0 Å². The Hall–Kier alpha value is -1.55. The van der Waals surface area contributed by atoms with Crippen molar-refractivity contribution < 1.29 is 13.2 Å². The van der Waals surface area contributed by atoms with E-state index in [1.165, 1.54) is 6.07 Å². The standard InChI is InChI=1S/C15H16F3N/c1-2-4-10-7-8-12-11(9-10)5-3-6-13(12)14(19)15(16,17)18/h3,5-9,14H,2,4,19H2,1H3/t14-/m0/s1. The second-order valence-electron chi connectivity index (χ2n) is 4.67. The maximum absolute atomic E-state index is 12.7. The molecule has 0 spiro atoms. The number of fused-ring (bicyclic) bond motifs is 1. The highest BCUT2D eigenvalue weighted by atomic mass is 19.4. The largest absolute Gasteiger partial charge is 0.407 e. The highest BCUT2D eigenvalue weighted by Crippen LogP contribution is 2.34. The summed E-state index contributed by atoms with van der Waals surface area (Å²) in [6, 6.07) is 8.50.